The molecule has 2 aliphatic rings. The van der Waals surface area contributed by atoms with Gasteiger partial charge in [-0.05, 0) is 54.5 Å². The molecule has 0 unspecified atom stereocenters. The van der Waals surface area contributed by atoms with Crippen molar-refractivity contribution in [2.75, 3.05) is 0 Å². The van der Waals surface area contributed by atoms with Gasteiger partial charge in [0.1, 0.15) is 0 Å². The lowest BCUT2D eigenvalue weighted by molar-refractivity contribution is 0.0377. The molecule has 108 valence electrons. The van der Waals surface area contributed by atoms with E-state index in [0.717, 1.165) is 68.1 Å². The molecule has 2 nitrogen and oxygen atoms in total. The summed E-state index contributed by atoms with van der Waals surface area (Å²) in [6, 6.07) is 6.09. The summed E-state index contributed by atoms with van der Waals surface area (Å²) in [6.45, 7) is 3.85. The molecule has 0 saturated heterocycles. The van der Waals surface area contributed by atoms with Gasteiger partial charge in [0.25, 0.3) is 0 Å². The van der Waals surface area contributed by atoms with Crippen LogP contribution in [0.5, 0.6) is 0 Å². The summed E-state index contributed by atoms with van der Waals surface area (Å²) in [6.07, 6.45) is 9.42. The molecule has 0 spiro atoms. The maximum atomic E-state index is 10.8. The molecule has 2 aliphatic carbocycles. The third kappa shape index (κ3) is 2.32. The van der Waals surface area contributed by atoms with E-state index in [1.54, 1.807) is 0 Å². The monoisotopic (exact) mass is 272 g/mol. The molecular formula is C18H24O2. The van der Waals surface area contributed by atoms with E-state index in [0.29, 0.717) is 0 Å². The molecule has 0 aliphatic heterocycles. The van der Waals surface area contributed by atoms with Gasteiger partial charge in [0.15, 0.2) is 0 Å². The van der Waals surface area contributed by atoms with Gasteiger partial charge in [0, 0.05) is 0 Å². The van der Waals surface area contributed by atoms with Crippen molar-refractivity contribution in [3.05, 3.63) is 41.5 Å². The van der Waals surface area contributed by atoms with E-state index in [-0.39, 0.29) is 0 Å². The van der Waals surface area contributed by atoms with Crippen LogP contribution in [0.25, 0.3) is 6.08 Å². The van der Waals surface area contributed by atoms with Crippen molar-refractivity contribution in [3.8, 4) is 0 Å². The van der Waals surface area contributed by atoms with Gasteiger partial charge >= 0.3 is 0 Å². The first-order valence-corrected chi connectivity index (χ1v) is 7.79. The number of aliphatic hydroxyl groups is 2. The van der Waals surface area contributed by atoms with E-state index in [2.05, 4.69) is 6.58 Å². The minimum Gasteiger partial charge on any atom is -0.385 e. The highest BCUT2D eigenvalue weighted by Crippen LogP contribution is 2.43. The van der Waals surface area contributed by atoms with Crippen LogP contribution >= 0.6 is 0 Å². The summed E-state index contributed by atoms with van der Waals surface area (Å²) in [5.74, 6) is 0. The Labute approximate surface area is 121 Å². The van der Waals surface area contributed by atoms with Crippen LogP contribution in [0.4, 0.5) is 0 Å². The van der Waals surface area contributed by atoms with E-state index in [4.69, 9.17) is 0 Å². The first-order chi connectivity index (χ1) is 9.56. The minimum atomic E-state index is -0.706. The van der Waals surface area contributed by atoms with Crippen LogP contribution in [0.2, 0.25) is 0 Å². The maximum Gasteiger partial charge on any atom is 0.0896 e. The van der Waals surface area contributed by atoms with E-state index in [1.165, 1.54) is 0 Å². The SMILES string of the molecule is C=Cc1cc(C2(O)CCCC2)cc(C2(O)CCCC2)c1. The van der Waals surface area contributed by atoms with Crippen LogP contribution in [0.3, 0.4) is 0 Å². The van der Waals surface area contributed by atoms with Crippen molar-refractivity contribution < 1.29 is 10.2 Å². The number of rotatable bonds is 3. The molecule has 0 amide bonds. The van der Waals surface area contributed by atoms with Crippen molar-refractivity contribution in [2.45, 2.75) is 62.6 Å². The van der Waals surface area contributed by atoms with Gasteiger partial charge in [-0.25, -0.2) is 0 Å². The molecule has 0 heterocycles. The Kier molecular flexibility index (Phi) is 3.47. The zero-order valence-corrected chi connectivity index (χ0v) is 12.1. The molecule has 20 heavy (non-hydrogen) atoms. The van der Waals surface area contributed by atoms with E-state index >= 15 is 0 Å². The first-order valence-electron chi connectivity index (χ1n) is 7.79. The third-order valence-electron chi connectivity index (χ3n) is 5.13. The Hall–Kier alpha value is -1.12. The van der Waals surface area contributed by atoms with E-state index in [1.807, 2.05) is 24.3 Å². The Bertz CT molecular complexity index is 466. The summed E-state index contributed by atoms with van der Waals surface area (Å²) >= 11 is 0. The van der Waals surface area contributed by atoms with Gasteiger partial charge in [-0.15, -0.1) is 0 Å². The third-order valence-corrected chi connectivity index (χ3v) is 5.13. The van der Waals surface area contributed by atoms with Crippen molar-refractivity contribution in [2.24, 2.45) is 0 Å². The Morgan fingerprint density at radius 2 is 1.20 bits per heavy atom. The average molecular weight is 272 g/mol. The van der Waals surface area contributed by atoms with E-state index in [9.17, 15) is 10.2 Å². The fraction of sp³-hybridized carbons (Fsp3) is 0.556. The van der Waals surface area contributed by atoms with Gasteiger partial charge in [0.05, 0.1) is 11.2 Å². The van der Waals surface area contributed by atoms with Crippen molar-refractivity contribution in [1.82, 2.24) is 0 Å². The van der Waals surface area contributed by atoms with Crippen LogP contribution < -0.4 is 0 Å². The molecule has 2 N–H and O–H groups in total. The fourth-order valence-electron chi connectivity index (χ4n) is 3.80. The van der Waals surface area contributed by atoms with Crippen molar-refractivity contribution in [1.29, 1.82) is 0 Å². The molecule has 2 fully saturated rings. The van der Waals surface area contributed by atoms with Crippen molar-refractivity contribution >= 4 is 6.08 Å². The lowest BCUT2D eigenvalue weighted by Gasteiger charge is -2.28. The molecule has 2 heteroatoms. The largest absolute Gasteiger partial charge is 0.385 e. The van der Waals surface area contributed by atoms with Crippen LogP contribution in [0, 0.1) is 0 Å². The number of benzene rings is 1. The quantitative estimate of drug-likeness (QED) is 0.877. The molecule has 3 rings (SSSR count). The normalized spacial score (nSPS) is 23.9. The molecule has 0 radical (unpaired) electrons. The van der Waals surface area contributed by atoms with Crippen molar-refractivity contribution in [3.63, 3.8) is 0 Å². The van der Waals surface area contributed by atoms with Gasteiger partial charge < -0.3 is 10.2 Å². The summed E-state index contributed by atoms with van der Waals surface area (Å²) in [5.41, 5.74) is 1.51. The molecule has 2 saturated carbocycles. The maximum absolute atomic E-state index is 10.8. The highest BCUT2D eigenvalue weighted by molar-refractivity contribution is 5.52. The predicted octanol–water partition coefficient (Wildman–Crippen LogP) is 3.85. The molecule has 0 aromatic heterocycles. The Morgan fingerprint density at radius 3 is 1.55 bits per heavy atom. The number of hydrogen-bond acceptors (Lipinski definition) is 2. The van der Waals surface area contributed by atoms with Crippen LogP contribution in [-0.4, -0.2) is 10.2 Å². The van der Waals surface area contributed by atoms with Gasteiger partial charge in [0.2, 0.25) is 0 Å². The highest BCUT2D eigenvalue weighted by Gasteiger charge is 2.37. The smallest absolute Gasteiger partial charge is 0.0896 e. The summed E-state index contributed by atoms with van der Waals surface area (Å²) in [7, 11) is 0. The van der Waals surface area contributed by atoms with Gasteiger partial charge in [-0.2, -0.15) is 0 Å². The molecule has 1 aromatic carbocycles. The zero-order valence-electron chi connectivity index (χ0n) is 12.1. The van der Waals surface area contributed by atoms with Crippen LogP contribution in [-0.2, 0) is 11.2 Å². The van der Waals surface area contributed by atoms with Gasteiger partial charge in [-0.1, -0.05) is 44.4 Å². The van der Waals surface area contributed by atoms with Gasteiger partial charge in [-0.3, -0.25) is 0 Å². The second-order valence-corrected chi connectivity index (χ2v) is 6.53. The fourth-order valence-corrected chi connectivity index (χ4v) is 3.80. The molecule has 0 atom stereocenters. The average Bonchev–Trinajstić information content (AvgIpc) is 3.09. The Morgan fingerprint density at radius 1 is 0.800 bits per heavy atom. The Balaban J connectivity index is 2.05. The standard InChI is InChI=1S/C18H24O2/c1-2-14-11-15(17(19)7-3-4-8-17)13-16(12-14)18(20)9-5-6-10-18/h2,11-13,19-20H,1,3-10H2. The highest BCUT2D eigenvalue weighted by atomic mass is 16.3. The summed E-state index contributed by atoms with van der Waals surface area (Å²) in [4.78, 5) is 0. The molecular weight excluding hydrogens is 248 g/mol. The first kappa shape index (κ1) is 13.8. The molecule has 1 aromatic rings. The predicted molar refractivity (Wildman–Crippen MR) is 81.3 cm³/mol. The molecule has 0 bridgehead atoms. The second kappa shape index (κ2) is 5.01. The lowest BCUT2D eigenvalue weighted by Crippen LogP contribution is -2.25. The van der Waals surface area contributed by atoms with Crippen LogP contribution in [0.15, 0.2) is 24.8 Å². The topological polar surface area (TPSA) is 40.5 Å². The zero-order chi connectivity index (χ0) is 14.2. The summed E-state index contributed by atoms with van der Waals surface area (Å²) < 4.78 is 0. The van der Waals surface area contributed by atoms with E-state index < -0.39 is 11.2 Å². The summed E-state index contributed by atoms with van der Waals surface area (Å²) in [5, 5.41) is 21.6. The number of hydrogen-bond donors (Lipinski definition) is 2. The minimum absolute atomic E-state index is 0.706. The lowest BCUT2D eigenvalue weighted by atomic mass is 9.84. The second-order valence-electron chi connectivity index (χ2n) is 6.53. The van der Waals surface area contributed by atoms with Crippen LogP contribution in [0.1, 0.15) is 68.1 Å².